The summed E-state index contributed by atoms with van der Waals surface area (Å²) in [7, 11) is 0. The van der Waals surface area contributed by atoms with Crippen LogP contribution in [0.4, 0.5) is 0 Å². The summed E-state index contributed by atoms with van der Waals surface area (Å²) in [6.45, 7) is 1.86. The quantitative estimate of drug-likeness (QED) is 0.827. The topological polar surface area (TPSA) is 24.9 Å². The van der Waals surface area contributed by atoms with Crippen molar-refractivity contribution in [2.45, 2.75) is 13.0 Å². The predicted molar refractivity (Wildman–Crippen MR) is 69.0 cm³/mol. The molecule has 0 aromatic carbocycles. The third kappa shape index (κ3) is 3.59. The van der Waals surface area contributed by atoms with Crippen LogP contribution in [-0.4, -0.2) is 11.5 Å². The second-order valence-electron chi connectivity index (χ2n) is 3.49. The van der Waals surface area contributed by atoms with Gasteiger partial charge in [-0.25, -0.2) is 0 Å². The van der Waals surface area contributed by atoms with Crippen LogP contribution in [0.3, 0.4) is 0 Å². The molecular formula is C12H13ClN2S. The Morgan fingerprint density at radius 2 is 2.00 bits per heavy atom. The molecule has 0 amide bonds. The number of rotatable bonds is 5. The van der Waals surface area contributed by atoms with Crippen molar-refractivity contribution < 1.29 is 0 Å². The number of thiophene rings is 1. The van der Waals surface area contributed by atoms with E-state index in [9.17, 15) is 0 Å². The maximum absolute atomic E-state index is 5.86. The minimum Gasteiger partial charge on any atom is -0.312 e. The Hall–Kier alpha value is -0.900. The normalized spacial score (nSPS) is 10.6. The van der Waals surface area contributed by atoms with E-state index in [-0.39, 0.29) is 0 Å². The van der Waals surface area contributed by atoms with Crippen LogP contribution >= 0.6 is 22.9 Å². The highest BCUT2D eigenvalue weighted by molar-refractivity contribution is 7.16. The van der Waals surface area contributed by atoms with Crippen LogP contribution in [0.15, 0.2) is 36.7 Å². The second-order valence-corrected chi connectivity index (χ2v) is 5.29. The summed E-state index contributed by atoms with van der Waals surface area (Å²) in [6.07, 6.45) is 4.66. The van der Waals surface area contributed by atoms with Crippen molar-refractivity contribution >= 4 is 22.9 Å². The van der Waals surface area contributed by atoms with Gasteiger partial charge in [-0.05, 0) is 36.2 Å². The van der Waals surface area contributed by atoms with E-state index in [1.165, 1.54) is 10.4 Å². The van der Waals surface area contributed by atoms with Crippen LogP contribution in [0.5, 0.6) is 0 Å². The van der Waals surface area contributed by atoms with Gasteiger partial charge in [0.15, 0.2) is 0 Å². The van der Waals surface area contributed by atoms with E-state index in [1.54, 1.807) is 11.3 Å². The summed E-state index contributed by atoms with van der Waals surface area (Å²) in [5, 5.41) is 3.40. The van der Waals surface area contributed by atoms with Gasteiger partial charge in [0.25, 0.3) is 0 Å². The molecule has 0 saturated carbocycles. The molecule has 0 radical (unpaired) electrons. The molecule has 0 bridgehead atoms. The van der Waals surface area contributed by atoms with Crippen molar-refractivity contribution in [3.05, 3.63) is 51.4 Å². The van der Waals surface area contributed by atoms with Crippen LogP contribution in [0.2, 0.25) is 4.34 Å². The number of pyridine rings is 1. The fourth-order valence-electron chi connectivity index (χ4n) is 1.43. The Kier molecular flexibility index (Phi) is 4.34. The van der Waals surface area contributed by atoms with Crippen molar-refractivity contribution in [1.29, 1.82) is 0 Å². The Labute approximate surface area is 104 Å². The molecule has 0 aliphatic carbocycles. The van der Waals surface area contributed by atoms with Crippen LogP contribution in [0.25, 0.3) is 0 Å². The molecule has 0 atom stereocenters. The molecule has 2 aromatic rings. The lowest BCUT2D eigenvalue weighted by Gasteiger charge is -2.03. The van der Waals surface area contributed by atoms with Crippen LogP contribution in [0, 0.1) is 0 Å². The summed E-state index contributed by atoms with van der Waals surface area (Å²) in [5.74, 6) is 0. The zero-order valence-corrected chi connectivity index (χ0v) is 10.4. The molecule has 0 spiro atoms. The first-order valence-corrected chi connectivity index (χ1v) is 6.38. The van der Waals surface area contributed by atoms with Gasteiger partial charge in [-0.3, -0.25) is 4.98 Å². The first-order chi connectivity index (χ1) is 7.84. The predicted octanol–water partition coefficient (Wildman–Crippen LogP) is 3.13. The Bertz CT molecular complexity index is 428. The summed E-state index contributed by atoms with van der Waals surface area (Å²) < 4.78 is 0.865. The maximum Gasteiger partial charge on any atom is 0.0931 e. The molecule has 1 N–H and O–H groups in total. The average molecular weight is 253 g/mol. The highest BCUT2D eigenvalue weighted by atomic mass is 35.5. The SMILES string of the molecule is Clc1ccc(CCNCc2ccncc2)s1. The minimum absolute atomic E-state index is 0.865. The Morgan fingerprint density at radius 3 is 2.69 bits per heavy atom. The van der Waals surface area contributed by atoms with Gasteiger partial charge < -0.3 is 5.32 Å². The van der Waals surface area contributed by atoms with Gasteiger partial charge >= 0.3 is 0 Å². The number of halogens is 1. The molecule has 0 fully saturated rings. The van der Waals surface area contributed by atoms with Gasteiger partial charge in [0.2, 0.25) is 0 Å². The molecule has 2 rings (SSSR count). The van der Waals surface area contributed by atoms with E-state index in [2.05, 4.69) is 16.4 Å². The van der Waals surface area contributed by atoms with Gasteiger partial charge in [-0.2, -0.15) is 0 Å². The average Bonchev–Trinajstić information content (AvgIpc) is 2.72. The number of nitrogens with one attached hydrogen (secondary N) is 1. The monoisotopic (exact) mass is 252 g/mol. The molecule has 2 aromatic heterocycles. The molecule has 84 valence electrons. The van der Waals surface area contributed by atoms with Crippen LogP contribution in [-0.2, 0) is 13.0 Å². The highest BCUT2D eigenvalue weighted by Crippen LogP contribution is 2.21. The zero-order valence-electron chi connectivity index (χ0n) is 8.82. The van der Waals surface area contributed by atoms with Crippen molar-refractivity contribution in [3.63, 3.8) is 0 Å². The smallest absolute Gasteiger partial charge is 0.0931 e. The molecule has 2 heterocycles. The van der Waals surface area contributed by atoms with Gasteiger partial charge in [0.1, 0.15) is 0 Å². The van der Waals surface area contributed by atoms with E-state index in [0.29, 0.717) is 0 Å². The number of nitrogens with zero attached hydrogens (tertiary/aromatic N) is 1. The van der Waals surface area contributed by atoms with Crippen molar-refractivity contribution in [2.75, 3.05) is 6.54 Å². The molecule has 0 aliphatic rings. The van der Waals surface area contributed by atoms with E-state index in [4.69, 9.17) is 11.6 Å². The van der Waals surface area contributed by atoms with E-state index >= 15 is 0 Å². The Morgan fingerprint density at radius 1 is 1.19 bits per heavy atom. The van der Waals surface area contributed by atoms with Crippen LogP contribution in [0.1, 0.15) is 10.4 Å². The van der Waals surface area contributed by atoms with Crippen LogP contribution < -0.4 is 5.32 Å². The number of hydrogen-bond acceptors (Lipinski definition) is 3. The first kappa shape index (κ1) is 11.6. The highest BCUT2D eigenvalue weighted by Gasteiger charge is 1.97. The summed E-state index contributed by atoms with van der Waals surface area (Å²) in [6, 6.07) is 8.08. The lowest BCUT2D eigenvalue weighted by Crippen LogP contribution is -2.16. The minimum atomic E-state index is 0.865. The van der Waals surface area contributed by atoms with E-state index < -0.39 is 0 Å². The standard InChI is InChI=1S/C12H13ClN2S/c13-12-2-1-11(16-12)5-8-15-9-10-3-6-14-7-4-10/h1-4,6-7,15H,5,8-9H2. The molecule has 0 aliphatic heterocycles. The third-order valence-corrected chi connectivity index (χ3v) is 3.55. The fourth-order valence-corrected chi connectivity index (χ4v) is 2.52. The van der Waals surface area contributed by atoms with Gasteiger partial charge in [0.05, 0.1) is 4.34 Å². The van der Waals surface area contributed by atoms with Gasteiger partial charge in [0, 0.05) is 30.4 Å². The van der Waals surface area contributed by atoms with Gasteiger partial charge in [-0.15, -0.1) is 11.3 Å². The summed E-state index contributed by atoms with van der Waals surface area (Å²) >= 11 is 7.51. The zero-order chi connectivity index (χ0) is 11.2. The molecule has 0 unspecified atom stereocenters. The molecule has 4 heteroatoms. The molecule has 0 saturated heterocycles. The van der Waals surface area contributed by atoms with Crippen molar-refractivity contribution in [1.82, 2.24) is 10.3 Å². The fraction of sp³-hybridized carbons (Fsp3) is 0.250. The molecule has 2 nitrogen and oxygen atoms in total. The first-order valence-electron chi connectivity index (χ1n) is 5.18. The number of hydrogen-bond donors (Lipinski definition) is 1. The Balaban J connectivity index is 1.69. The van der Waals surface area contributed by atoms with E-state index in [0.717, 1.165) is 23.8 Å². The van der Waals surface area contributed by atoms with E-state index in [1.807, 2.05) is 30.6 Å². The largest absolute Gasteiger partial charge is 0.312 e. The molecule has 16 heavy (non-hydrogen) atoms. The maximum atomic E-state index is 5.86. The summed E-state index contributed by atoms with van der Waals surface area (Å²) in [4.78, 5) is 5.31. The lowest BCUT2D eigenvalue weighted by atomic mass is 10.2. The third-order valence-electron chi connectivity index (χ3n) is 2.26. The summed E-state index contributed by atoms with van der Waals surface area (Å²) in [5.41, 5.74) is 1.26. The number of aromatic nitrogens is 1. The lowest BCUT2D eigenvalue weighted by molar-refractivity contribution is 0.690. The van der Waals surface area contributed by atoms with Crippen molar-refractivity contribution in [2.24, 2.45) is 0 Å². The van der Waals surface area contributed by atoms with Crippen molar-refractivity contribution in [3.8, 4) is 0 Å². The molecular weight excluding hydrogens is 240 g/mol. The van der Waals surface area contributed by atoms with Gasteiger partial charge in [-0.1, -0.05) is 11.6 Å². The second kappa shape index (κ2) is 5.99.